The van der Waals surface area contributed by atoms with Gasteiger partial charge in [-0.15, -0.1) is 0 Å². The number of rotatable bonds is 6. The van der Waals surface area contributed by atoms with E-state index in [1.54, 1.807) is 4.68 Å². The van der Waals surface area contributed by atoms with Crippen LogP contribution in [0.25, 0.3) is 0 Å². The van der Waals surface area contributed by atoms with Gasteiger partial charge in [0.15, 0.2) is 0 Å². The molecule has 0 unspecified atom stereocenters. The standard InChI is InChI=1S/C12H22N4O/c1-4-5-6-7-14-11(17)8-16-10(3)12(13)9(2)15-16/h4-8,13H2,1-3H3,(H,14,17). The van der Waals surface area contributed by atoms with Crippen LogP contribution < -0.4 is 11.1 Å². The van der Waals surface area contributed by atoms with Gasteiger partial charge in [-0.1, -0.05) is 19.8 Å². The molecule has 0 aliphatic carbocycles. The van der Waals surface area contributed by atoms with Crippen molar-refractivity contribution in [2.45, 2.75) is 46.6 Å². The SMILES string of the molecule is CCCCCNC(=O)Cn1nc(C)c(N)c1C. The number of aromatic nitrogens is 2. The number of carbonyl (C=O) groups is 1. The molecule has 1 aromatic heterocycles. The van der Waals surface area contributed by atoms with Gasteiger partial charge in [-0.2, -0.15) is 5.10 Å². The summed E-state index contributed by atoms with van der Waals surface area (Å²) < 4.78 is 1.65. The number of nitrogens with two attached hydrogens (primary N) is 1. The molecule has 0 radical (unpaired) electrons. The summed E-state index contributed by atoms with van der Waals surface area (Å²) >= 11 is 0. The molecule has 0 saturated carbocycles. The molecule has 5 nitrogen and oxygen atoms in total. The van der Waals surface area contributed by atoms with Crippen LogP contribution in [0, 0.1) is 13.8 Å². The van der Waals surface area contributed by atoms with Gasteiger partial charge in [0.1, 0.15) is 6.54 Å². The number of anilines is 1. The average molecular weight is 238 g/mol. The Balaban J connectivity index is 2.42. The second-order valence-corrected chi connectivity index (χ2v) is 4.30. The van der Waals surface area contributed by atoms with E-state index < -0.39 is 0 Å². The minimum Gasteiger partial charge on any atom is -0.396 e. The van der Waals surface area contributed by atoms with E-state index in [1.165, 1.54) is 0 Å². The highest BCUT2D eigenvalue weighted by Gasteiger charge is 2.10. The van der Waals surface area contributed by atoms with E-state index in [2.05, 4.69) is 17.3 Å². The summed E-state index contributed by atoms with van der Waals surface area (Å²) in [5.41, 5.74) is 8.11. The number of amides is 1. The molecule has 0 bridgehead atoms. The first-order valence-electron chi connectivity index (χ1n) is 6.12. The third-order valence-corrected chi connectivity index (χ3v) is 2.83. The first kappa shape index (κ1) is 13.5. The zero-order valence-electron chi connectivity index (χ0n) is 10.9. The molecule has 1 heterocycles. The molecule has 17 heavy (non-hydrogen) atoms. The maximum Gasteiger partial charge on any atom is 0.241 e. The van der Waals surface area contributed by atoms with Gasteiger partial charge >= 0.3 is 0 Å². The van der Waals surface area contributed by atoms with Crippen LogP contribution >= 0.6 is 0 Å². The highest BCUT2D eigenvalue weighted by molar-refractivity contribution is 5.75. The summed E-state index contributed by atoms with van der Waals surface area (Å²) in [5.74, 6) is -0.00768. The van der Waals surface area contributed by atoms with E-state index in [-0.39, 0.29) is 12.5 Å². The second kappa shape index (κ2) is 6.27. The van der Waals surface area contributed by atoms with Crippen LogP contribution in [0.5, 0.6) is 0 Å². The Morgan fingerprint density at radius 1 is 1.41 bits per heavy atom. The predicted molar refractivity (Wildman–Crippen MR) is 68.6 cm³/mol. The number of nitrogens with one attached hydrogen (secondary N) is 1. The van der Waals surface area contributed by atoms with Crippen LogP contribution in [0.15, 0.2) is 0 Å². The summed E-state index contributed by atoms with van der Waals surface area (Å²) in [7, 11) is 0. The third kappa shape index (κ3) is 3.76. The average Bonchev–Trinajstić information content (AvgIpc) is 2.53. The molecule has 0 fully saturated rings. The van der Waals surface area contributed by atoms with Gasteiger partial charge < -0.3 is 11.1 Å². The van der Waals surface area contributed by atoms with E-state index >= 15 is 0 Å². The normalized spacial score (nSPS) is 10.5. The van der Waals surface area contributed by atoms with Gasteiger partial charge in [-0.3, -0.25) is 9.48 Å². The number of nitrogen functional groups attached to an aromatic ring is 1. The van der Waals surface area contributed by atoms with Crippen molar-refractivity contribution in [3.8, 4) is 0 Å². The highest BCUT2D eigenvalue weighted by atomic mass is 16.2. The topological polar surface area (TPSA) is 72.9 Å². The zero-order chi connectivity index (χ0) is 12.8. The fourth-order valence-electron chi connectivity index (χ4n) is 1.66. The molecule has 0 aromatic carbocycles. The molecule has 1 amide bonds. The highest BCUT2D eigenvalue weighted by Crippen LogP contribution is 2.14. The van der Waals surface area contributed by atoms with Crippen molar-refractivity contribution in [2.75, 3.05) is 12.3 Å². The fourth-order valence-corrected chi connectivity index (χ4v) is 1.66. The van der Waals surface area contributed by atoms with Crippen molar-refractivity contribution in [1.29, 1.82) is 0 Å². The summed E-state index contributed by atoms with van der Waals surface area (Å²) in [6.07, 6.45) is 3.33. The molecular formula is C12H22N4O. The van der Waals surface area contributed by atoms with Crippen molar-refractivity contribution in [3.63, 3.8) is 0 Å². The number of nitrogens with zero attached hydrogens (tertiary/aromatic N) is 2. The van der Waals surface area contributed by atoms with E-state index in [0.29, 0.717) is 5.69 Å². The molecule has 0 aliphatic heterocycles. The van der Waals surface area contributed by atoms with Crippen LogP contribution in [-0.2, 0) is 11.3 Å². The van der Waals surface area contributed by atoms with Crippen molar-refractivity contribution in [3.05, 3.63) is 11.4 Å². The molecule has 0 atom stereocenters. The van der Waals surface area contributed by atoms with Gasteiger partial charge in [-0.25, -0.2) is 0 Å². The number of hydrogen-bond acceptors (Lipinski definition) is 3. The quantitative estimate of drug-likeness (QED) is 0.735. The molecular weight excluding hydrogens is 216 g/mol. The molecule has 0 aliphatic rings. The summed E-state index contributed by atoms with van der Waals surface area (Å²) in [4.78, 5) is 11.6. The molecule has 0 spiro atoms. The fraction of sp³-hybridized carbons (Fsp3) is 0.667. The second-order valence-electron chi connectivity index (χ2n) is 4.30. The zero-order valence-corrected chi connectivity index (χ0v) is 10.9. The first-order valence-corrected chi connectivity index (χ1v) is 6.12. The minimum atomic E-state index is -0.00768. The smallest absolute Gasteiger partial charge is 0.241 e. The van der Waals surface area contributed by atoms with Crippen LogP contribution in [0.4, 0.5) is 5.69 Å². The largest absolute Gasteiger partial charge is 0.396 e. The molecule has 1 rings (SSSR count). The molecule has 0 saturated heterocycles. The van der Waals surface area contributed by atoms with Crippen LogP contribution in [0.1, 0.15) is 37.6 Å². The Morgan fingerprint density at radius 2 is 2.12 bits per heavy atom. The number of hydrogen-bond donors (Lipinski definition) is 2. The molecule has 3 N–H and O–H groups in total. The van der Waals surface area contributed by atoms with Crippen molar-refractivity contribution in [2.24, 2.45) is 0 Å². The van der Waals surface area contributed by atoms with Gasteiger partial charge in [-0.05, 0) is 20.3 Å². The molecule has 1 aromatic rings. The molecule has 96 valence electrons. The Hall–Kier alpha value is -1.52. The van der Waals surface area contributed by atoms with Gasteiger partial charge in [0, 0.05) is 6.54 Å². The Morgan fingerprint density at radius 3 is 2.65 bits per heavy atom. The van der Waals surface area contributed by atoms with E-state index in [0.717, 1.165) is 37.2 Å². The Labute approximate surface area is 102 Å². The summed E-state index contributed by atoms with van der Waals surface area (Å²) in [6.45, 7) is 6.84. The van der Waals surface area contributed by atoms with Crippen LogP contribution in [0.2, 0.25) is 0 Å². The summed E-state index contributed by atoms with van der Waals surface area (Å²) in [5, 5.41) is 7.11. The Kier molecular flexibility index (Phi) is 5.00. The Bertz CT molecular complexity index is 384. The first-order chi connectivity index (χ1) is 8.06. The van der Waals surface area contributed by atoms with Gasteiger partial charge in [0.05, 0.1) is 17.1 Å². The number of unbranched alkanes of at least 4 members (excludes halogenated alkanes) is 2. The lowest BCUT2D eigenvalue weighted by Gasteiger charge is -2.06. The maximum absolute atomic E-state index is 11.6. The lowest BCUT2D eigenvalue weighted by molar-refractivity contribution is -0.121. The minimum absolute atomic E-state index is 0.00768. The van der Waals surface area contributed by atoms with Crippen LogP contribution in [0.3, 0.4) is 0 Å². The van der Waals surface area contributed by atoms with E-state index in [4.69, 9.17) is 5.73 Å². The van der Waals surface area contributed by atoms with Crippen molar-refractivity contribution in [1.82, 2.24) is 15.1 Å². The lowest BCUT2D eigenvalue weighted by atomic mass is 10.2. The van der Waals surface area contributed by atoms with E-state index in [1.807, 2.05) is 13.8 Å². The van der Waals surface area contributed by atoms with Crippen molar-refractivity contribution < 1.29 is 4.79 Å². The summed E-state index contributed by atoms with van der Waals surface area (Å²) in [6, 6.07) is 0. The van der Waals surface area contributed by atoms with E-state index in [9.17, 15) is 4.79 Å². The number of aryl methyl sites for hydroxylation is 1. The van der Waals surface area contributed by atoms with Crippen LogP contribution in [-0.4, -0.2) is 22.2 Å². The van der Waals surface area contributed by atoms with Gasteiger partial charge in [0.25, 0.3) is 0 Å². The predicted octanol–water partition coefficient (Wildman–Crippen LogP) is 1.39. The van der Waals surface area contributed by atoms with Crippen molar-refractivity contribution >= 4 is 11.6 Å². The monoisotopic (exact) mass is 238 g/mol. The lowest BCUT2D eigenvalue weighted by Crippen LogP contribution is -2.29. The third-order valence-electron chi connectivity index (χ3n) is 2.83. The molecule has 5 heteroatoms. The van der Waals surface area contributed by atoms with Gasteiger partial charge in [0.2, 0.25) is 5.91 Å². The maximum atomic E-state index is 11.6. The number of carbonyl (C=O) groups excluding carboxylic acids is 1.